The van der Waals surface area contributed by atoms with Crippen LogP contribution < -0.4 is 4.74 Å². The van der Waals surface area contributed by atoms with Crippen LogP contribution in [0.25, 0.3) is 0 Å². The van der Waals surface area contributed by atoms with Gasteiger partial charge in [-0.1, -0.05) is 46.8 Å². The highest BCUT2D eigenvalue weighted by atomic mass is 32.2. The maximum absolute atomic E-state index is 11.6. The second kappa shape index (κ2) is 8.75. The highest BCUT2D eigenvalue weighted by molar-refractivity contribution is 7.91. The van der Waals surface area contributed by atoms with Crippen LogP contribution in [0.3, 0.4) is 0 Å². The van der Waals surface area contributed by atoms with Crippen LogP contribution in [0.1, 0.15) is 65.4 Å². The normalized spacial score (nSPS) is 20.5. The Morgan fingerprint density at radius 3 is 2.19 bits per heavy atom. The number of ether oxygens (including phenoxy) is 2. The molecule has 2 rings (SSSR count). The fourth-order valence-electron chi connectivity index (χ4n) is 3.02. The summed E-state index contributed by atoms with van der Waals surface area (Å²) in [5.74, 6) is 2.20. The second-order valence-electron chi connectivity index (χ2n) is 8.62. The summed E-state index contributed by atoms with van der Waals surface area (Å²) < 4.78 is 35.4. The van der Waals surface area contributed by atoms with Crippen molar-refractivity contribution in [2.75, 3.05) is 18.1 Å². The average Bonchev–Trinajstić information content (AvgIpc) is 2.58. The van der Waals surface area contributed by atoms with Crippen molar-refractivity contribution in [1.82, 2.24) is 0 Å². The van der Waals surface area contributed by atoms with E-state index < -0.39 is 9.84 Å². The number of hydrogen-bond acceptors (Lipinski definition) is 4. The van der Waals surface area contributed by atoms with Crippen molar-refractivity contribution in [2.24, 2.45) is 11.3 Å². The third-order valence-corrected chi connectivity index (χ3v) is 6.88. The zero-order valence-electron chi connectivity index (χ0n) is 16.8. The van der Waals surface area contributed by atoms with Crippen LogP contribution in [0.15, 0.2) is 24.3 Å². The Morgan fingerprint density at radius 2 is 1.69 bits per heavy atom. The van der Waals surface area contributed by atoms with Crippen LogP contribution in [0.4, 0.5) is 0 Å². The van der Waals surface area contributed by atoms with Gasteiger partial charge >= 0.3 is 0 Å². The Hall–Kier alpha value is -1.07. The molecule has 4 nitrogen and oxygen atoms in total. The zero-order valence-corrected chi connectivity index (χ0v) is 17.6. The lowest BCUT2D eigenvalue weighted by Gasteiger charge is -2.33. The van der Waals surface area contributed by atoms with Crippen molar-refractivity contribution < 1.29 is 17.9 Å². The Balaban J connectivity index is 1.95. The Kier molecular flexibility index (Phi) is 7.14. The molecular formula is C21H34O4S. The smallest absolute Gasteiger partial charge is 0.204 e. The molecule has 1 saturated heterocycles. The lowest BCUT2D eigenvalue weighted by Crippen LogP contribution is -2.37. The van der Waals surface area contributed by atoms with Gasteiger partial charge in [-0.25, -0.2) is 8.42 Å². The molecule has 5 heteroatoms. The van der Waals surface area contributed by atoms with Gasteiger partial charge in [0.15, 0.2) is 0 Å². The molecule has 1 aromatic carbocycles. The third kappa shape index (κ3) is 6.27. The predicted molar refractivity (Wildman–Crippen MR) is 106 cm³/mol. The van der Waals surface area contributed by atoms with Crippen LogP contribution in [0.2, 0.25) is 0 Å². The summed E-state index contributed by atoms with van der Waals surface area (Å²) in [6.45, 7) is 11.2. The van der Waals surface area contributed by atoms with Gasteiger partial charge in [-0.05, 0) is 48.8 Å². The Bertz CT molecular complexity index is 644. The quantitative estimate of drug-likeness (QED) is 0.636. The minimum absolute atomic E-state index is 0.171. The molecule has 2 unspecified atom stereocenters. The van der Waals surface area contributed by atoms with Gasteiger partial charge in [-0.3, -0.25) is 0 Å². The molecule has 1 aromatic rings. The van der Waals surface area contributed by atoms with Crippen molar-refractivity contribution in [3.8, 4) is 5.75 Å². The lowest BCUT2D eigenvalue weighted by molar-refractivity contribution is -0.149. The summed E-state index contributed by atoms with van der Waals surface area (Å²) in [5, 5.41) is 0. The molecule has 0 bridgehead atoms. The van der Waals surface area contributed by atoms with Crippen molar-refractivity contribution >= 4 is 9.84 Å². The van der Waals surface area contributed by atoms with E-state index in [9.17, 15) is 8.42 Å². The van der Waals surface area contributed by atoms with E-state index >= 15 is 0 Å². The number of rotatable bonds is 7. The lowest BCUT2D eigenvalue weighted by atomic mass is 9.95. The van der Waals surface area contributed by atoms with Crippen LogP contribution >= 0.6 is 0 Å². The topological polar surface area (TPSA) is 52.6 Å². The van der Waals surface area contributed by atoms with E-state index in [4.69, 9.17) is 9.47 Å². The molecule has 1 aliphatic heterocycles. The van der Waals surface area contributed by atoms with Crippen molar-refractivity contribution in [3.05, 3.63) is 29.8 Å². The van der Waals surface area contributed by atoms with Gasteiger partial charge in [0.05, 0.1) is 18.1 Å². The van der Waals surface area contributed by atoms with Crippen molar-refractivity contribution in [3.63, 3.8) is 0 Å². The summed E-state index contributed by atoms with van der Waals surface area (Å²) >= 11 is 0. The first kappa shape index (κ1) is 21.2. The first-order chi connectivity index (χ1) is 12.1. The molecule has 1 heterocycles. The van der Waals surface area contributed by atoms with Crippen LogP contribution in [-0.2, 0) is 14.6 Å². The molecule has 0 N–H and O–H groups in total. The van der Waals surface area contributed by atoms with Crippen LogP contribution in [0.5, 0.6) is 5.75 Å². The minimum atomic E-state index is -2.83. The number of hydrogen-bond donors (Lipinski definition) is 0. The van der Waals surface area contributed by atoms with E-state index in [-0.39, 0.29) is 23.2 Å². The SMILES string of the molecule is CCC(C)c1ccc(OC(OCC2CCS(=O)(=O)CC2)C(C)(C)C)cc1. The van der Waals surface area contributed by atoms with E-state index in [1.54, 1.807) is 0 Å². The molecular weight excluding hydrogens is 348 g/mol. The summed E-state index contributed by atoms with van der Waals surface area (Å²) in [4.78, 5) is 0. The van der Waals surface area contributed by atoms with Gasteiger partial charge in [0.25, 0.3) is 0 Å². The van der Waals surface area contributed by atoms with Gasteiger partial charge in [-0.15, -0.1) is 0 Å². The van der Waals surface area contributed by atoms with Crippen LogP contribution in [0, 0.1) is 11.3 Å². The Labute approximate surface area is 159 Å². The second-order valence-corrected chi connectivity index (χ2v) is 10.9. The van der Waals surface area contributed by atoms with Crippen LogP contribution in [-0.4, -0.2) is 32.8 Å². The first-order valence-electron chi connectivity index (χ1n) is 9.69. The number of sulfone groups is 1. The molecule has 0 spiro atoms. The third-order valence-electron chi connectivity index (χ3n) is 5.17. The van der Waals surface area contributed by atoms with Crippen molar-refractivity contribution in [1.29, 1.82) is 0 Å². The van der Waals surface area contributed by atoms with E-state index in [1.807, 2.05) is 12.1 Å². The van der Waals surface area contributed by atoms with E-state index in [0.717, 1.165) is 12.2 Å². The molecule has 148 valence electrons. The molecule has 1 aliphatic rings. The summed E-state index contributed by atoms with van der Waals surface area (Å²) in [7, 11) is -2.83. The molecule has 0 aliphatic carbocycles. The van der Waals surface area contributed by atoms with E-state index in [1.165, 1.54) is 5.56 Å². The molecule has 0 aromatic heterocycles. The monoisotopic (exact) mass is 382 g/mol. The predicted octanol–water partition coefficient (Wildman–Crippen LogP) is 4.79. The molecule has 0 radical (unpaired) electrons. The molecule has 1 fully saturated rings. The summed E-state index contributed by atoms with van der Waals surface area (Å²) in [6.07, 6.45) is 2.12. The maximum atomic E-state index is 11.6. The Morgan fingerprint density at radius 1 is 1.12 bits per heavy atom. The molecule has 0 saturated carbocycles. The molecule has 26 heavy (non-hydrogen) atoms. The standard InChI is InChI=1S/C21H34O4S/c1-6-16(2)18-7-9-19(10-8-18)25-20(21(3,4)5)24-15-17-11-13-26(22,23)14-12-17/h7-10,16-17,20H,6,11-15H2,1-5H3. The average molecular weight is 383 g/mol. The zero-order chi connectivity index (χ0) is 19.4. The fourth-order valence-corrected chi connectivity index (χ4v) is 4.61. The minimum Gasteiger partial charge on any atom is -0.464 e. The molecule has 0 amide bonds. The van der Waals surface area contributed by atoms with Gasteiger partial charge in [0.2, 0.25) is 6.29 Å². The highest BCUT2D eigenvalue weighted by Crippen LogP contribution is 2.29. The largest absolute Gasteiger partial charge is 0.464 e. The van der Waals surface area contributed by atoms with Crippen molar-refractivity contribution in [2.45, 2.75) is 66.1 Å². The van der Waals surface area contributed by atoms with Gasteiger partial charge in [0, 0.05) is 5.41 Å². The van der Waals surface area contributed by atoms with E-state index in [2.05, 4.69) is 46.8 Å². The fraction of sp³-hybridized carbons (Fsp3) is 0.714. The summed E-state index contributed by atoms with van der Waals surface area (Å²) in [5.41, 5.74) is 1.15. The highest BCUT2D eigenvalue weighted by Gasteiger charge is 2.30. The maximum Gasteiger partial charge on any atom is 0.204 e. The van der Waals surface area contributed by atoms with Gasteiger partial charge < -0.3 is 9.47 Å². The van der Waals surface area contributed by atoms with Gasteiger partial charge in [-0.2, -0.15) is 0 Å². The summed E-state index contributed by atoms with van der Waals surface area (Å²) in [6, 6.07) is 8.26. The van der Waals surface area contributed by atoms with E-state index in [0.29, 0.717) is 31.3 Å². The first-order valence-corrected chi connectivity index (χ1v) is 11.5. The van der Waals surface area contributed by atoms with Gasteiger partial charge in [0.1, 0.15) is 15.6 Å². The molecule has 2 atom stereocenters. The number of benzene rings is 1.